The molecule has 78 valence electrons. The van der Waals surface area contributed by atoms with Gasteiger partial charge in [-0.3, -0.25) is 0 Å². The summed E-state index contributed by atoms with van der Waals surface area (Å²) in [4.78, 5) is 0. The minimum absolute atomic E-state index is 0.853. The molecule has 15 heavy (non-hydrogen) atoms. The molecular weight excluding hydrogens is 190 g/mol. The Morgan fingerprint density at radius 2 is 1.87 bits per heavy atom. The number of hydrogen-bond donors (Lipinski definition) is 0. The van der Waals surface area contributed by atoms with Gasteiger partial charge in [0, 0.05) is 12.5 Å². The molecule has 0 amide bonds. The van der Waals surface area contributed by atoms with E-state index in [0.29, 0.717) is 0 Å². The van der Waals surface area contributed by atoms with Crippen LogP contribution in [0.2, 0.25) is 0 Å². The fourth-order valence-corrected chi connectivity index (χ4v) is 1.42. The third-order valence-electron chi connectivity index (χ3n) is 2.45. The monoisotopic (exact) mass is 204 g/mol. The average Bonchev–Trinajstić information content (AvgIpc) is 2.59. The van der Waals surface area contributed by atoms with Crippen molar-refractivity contribution in [2.45, 2.75) is 6.92 Å². The minimum Gasteiger partial charge on any atom is -0.497 e. The Hall–Kier alpha value is -1.77. The van der Waals surface area contributed by atoms with E-state index < -0.39 is 0 Å². The largest absolute Gasteiger partial charge is 0.497 e. The SMILES string of the molecule is COc1ccc(-c2cc(C)[n+](C)o2)cc1. The van der Waals surface area contributed by atoms with E-state index in [9.17, 15) is 0 Å². The van der Waals surface area contributed by atoms with E-state index in [1.807, 2.05) is 44.3 Å². The van der Waals surface area contributed by atoms with Crippen LogP contribution < -0.4 is 9.48 Å². The molecule has 0 unspecified atom stereocenters. The maximum atomic E-state index is 5.55. The van der Waals surface area contributed by atoms with E-state index in [-0.39, 0.29) is 0 Å². The summed E-state index contributed by atoms with van der Waals surface area (Å²) < 4.78 is 12.4. The van der Waals surface area contributed by atoms with E-state index in [1.54, 1.807) is 11.8 Å². The summed E-state index contributed by atoms with van der Waals surface area (Å²) in [5, 5.41) is 0. The van der Waals surface area contributed by atoms with Crippen LogP contribution in [0.15, 0.2) is 34.9 Å². The van der Waals surface area contributed by atoms with Gasteiger partial charge < -0.3 is 4.74 Å². The molecule has 2 rings (SSSR count). The fourth-order valence-electron chi connectivity index (χ4n) is 1.42. The molecule has 0 aliphatic rings. The Kier molecular flexibility index (Phi) is 2.46. The van der Waals surface area contributed by atoms with Crippen LogP contribution in [0.25, 0.3) is 11.3 Å². The summed E-state index contributed by atoms with van der Waals surface area (Å²) in [6.07, 6.45) is 0. The number of hydrogen-bond acceptors (Lipinski definition) is 2. The first-order chi connectivity index (χ1) is 7.20. The summed E-state index contributed by atoms with van der Waals surface area (Å²) in [5.74, 6) is 1.73. The maximum Gasteiger partial charge on any atom is 0.228 e. The van der Waals surface area contributed by atoms with E-state index >= 15 is 0 Å². The van der Waals surface area contributed by atoms with Gasteiger partial charge in [0.15, 0.2) is 7.05 Å². The zero-order chi connectivity index (χ0) is 10.8. The predicted octanol–water partition coefficient (Wildman–Crippen LogP) is 2.09. The summed E-state index contributed by atoms with van der Waals surface area (Å²) in [5.41, 5.74) is 2.15. The first-order valence-corrected chi connectivity index (χ1v) is 4.82. The van der Waals surface area contributed by atoms with E-state index in [0.717, 1.165) is 22.8 Å². The molecule has 0 spiro atoms. The van der Waals surface area contributed by atoms with Gasteiger partial charge >= 0.3 is 0 Å². The van der Waals surface area contributed by atoms with Crippen molar-refractivity contribution in [3.8, 4) is 17.1 Å². The second-order valence-corrected chi connectivity index (χ2v) is 3.47. The molecule has 0 aliphatic heterocycles. The quantitative estimate of drug-likeness (QED) is 0.700. The van der Waals surface area contributed by atoms with Crippen molar-refractivity contribution < 1.29 is 14.0 Å². The number of nitrogens with zero attached hydrogens (tertiary/aromatic N) is 1. The lowest BCUT2D eigenvalue weighted by molar-refractivity contribution is -0.847. The van der Waals surface area contributed by atoms with Gasteiger partial charge in [0.2, 0.25) is 11.5 Å². The Morgan fingerprint density at radius 1 is 1.20 bits per heavy atom. The molecule has 0 fully saturated rings. The highest BCUT2D eigenvalue weighted by Crippen LogP contribution is 2.21. The minimum atomic E-state index is 0.853. The van der Waals surface area contributed by atoms with Crippen LogP contribution in [0.5, 0.6) is 5.75 Å². The Morgan fingerprint density at radius 3 is 2.33 bits per heavy atom. The number of benzene rings is 1. The Balaban J connectivity index is 2.37. The lowest BCUT2D eigenvalue weighted by atomic mass is 10.1. The van der Waals surface area contributed by atoms with Gasteiger partial charge in [-0.1, -0.05) is 0 Å². The normalized spacial score (nSPS) is 10.3. The highest BCUT2D eigenvalue weighted by atomic mass is 16.5. The van der Waals surface area contributed by atoms with E-state index in [1.165, 1.54) is 0 Å². The molecule has 0 saturated carbocycles. The lowest BCUT2D eigenvalue weighted by Crippen LogP contribution is -2.27. The van der Waals surface area contributed by atoms with Crippen LogP contribution in [0.4, 0.5) is 0 Å². The van der Waals surface area contributed by atoms with Gasteiger partial charge in [-0.2, -0.15) is 0 Å². The van der Waals surface area contributed by atoms with Crippen molar-refractivity contribution in [1.29, 1.82) is 0 Å². The second kappa shape index (κ2) is 3.77. The molecule has 1 heterocycles. The van der Waals surface area contributed by atoms with Gasteiger partial charge in [0.25, 0.3) is 0 Å². The van der Waals surface area contributed by atoms with Crippen LogP contribution in [-0.2, 0) is 7.05 Å². The van der Waals surface area contributed by atoms with Crippen molar-refractivity contribution in [3.05, 3.63) is 36.0 Å². The Bertz CT molecular complexity index is 437. The summed E-state index contributed by atoms with van der Waals surface area (Å²) in [6, 6.07) is 9.83. The van der Waals surface area contributed by atoms with Gasteiger partial charge in [0.05, 0.1) is 13.2 Å². The maximum absolute atomic E-state index is 5.55. The van der Waals surface area contributed by atoms with Crippen molar-refractivity contribution in [3.63, 3.8) is 0 Å². The molecule has 1 aromatic carbocycles. The molecule has 0 saturated heterocycles. The zero-order valence-electron chi connectivity index (χ0n) is 9.15. The van der Waals surface area contributed by atoms with Crippen LogP contribution in [0.3, 0.4) is 0 Å². The first-order valence-electron chi connectivity index (χ1n) is 4.82. The van der Waals surface area contributed by atoms with Crippen LogP contribution in [0, 0.1) is 6.92 Å². The van der Waals surface area contributed by atoms with Gasteiger partial charge in [-0.25, -0.2) is 4.52 Å². The Labute approximate surface area is 88.9 Å². The van der Waals surface area contributed by atoms with Gasteiger partial charge in [-0.15, -0.1) is 0 Å². The van der Waals surface area contributed by atoms with E-state index in [2.05, 4.69) is 0 Å². The summed E-state index contributed by atoms with van der Waals surface area (Å²) >= 11 is 0. The van der Waals surface area contributed by atoms with Crippen molar-refractivity contribution >= 4 is 0 Å². The molecule has 0 N–H and O–H groups in total. The third kappa shape index (κ3) is 1.86. The van der Waals surface area contributed by atoms with Crippen molar-refractivity contribution in [1.82, 2.24) is 0 Å². The van der Waals surface area contributed by atoms with Gasteiger partial charge in [0.1, 0.15) is 5.75 Å². The molecule has 0 radical (unpaired) electrons. The summed E-state index contributed by atoms with van der Waals surface area (Å²) in [7, 11) is 3.55. The molecule has 0 aliphatic carbocycles. The van der Waals surface area contributed by atoms with Crippen molar-refractivity contribution in [2.75, 3.05) is 7.11 Å². The fraction of sp³-hybridized carbons (Fsp3) is 0.250. The topological polar surface area (TPSA) is 26.2 Å². The number of aryl methyl sites for hydroxylation is 2. The molecular formula is C12H14NO2+. The molecule has 1 aromatic heterocycles. The lowest BCUT2D eigenvalue weighted by Gasteiger charge is -1.98. The zero-order valence-corrected chi connectivity index (χ0v) is 9.15. The molecule has 0 bridgehead atoms. The molecule has 3 heteroatoms. The van der Waals surface area contributed by atoms with Gasteiger partial charge in [-0.05, 0) is 29.0 Å². The number of methoxy groups -OCH3 is 1. The number of rotatable bonds is 2. The molecule has 3 nitrogen and oxygen atoms in total. The predicted molar refractivity (Wildman–Crippen MR) is 56.6 cm³/mol. The highest BCUT2D eigenvalue weighted by Gasteiger charge is 2.12. The second-order valence-electron chi connectivity index (χ2n) is 3.47. The standard InChI is InChI=1S/C12H14NO2/c1-9-8-12(15-13(9)2)10-4-6-11(14-3)7-5-10/h4-8H,1-3H3/q+1. The first kappa shape index (κ1) is 9.77. The summed E-state index contributed by atoms with van der Waals surface area (Å²) in [6.45, 7) is 2.01. The third-order valence-corrected chi connectivity index (χ3v) is 2.45. The van der Waals surface area contributed by atoms with Crippen molar-refractivity contribution in [2.24, 2.45) is 7.05 Å². The van der Waals surface area contributed by atoms with Crippen LogP contribution in [-0.4, -0.2) is 7.11 Å². The molecule has 2 aromatic rings. The highest BCUT2D eigenvalue weighted by molar-refractivity contribution is 5.57. The van der Waals surface area contributed by atoms with Crippen LogP contribution >= 0.6 is 0 Å². The number of ether oxygens (including phenoxy) is 1. The number of aromatic nitrogens is 1. The van der Waals surface area contributed by atoms with E-state index in [4.69, 9.17) is 9.26 Å². The smallest absolute Gasteiger partial charge is 0.228 e. The molecule has 0 atom stereocenters. The average molecular weight is 204 g/mol. The van der Waals surface area contributed by atoms with Crippen LogP contribution in [0.1, 0.15) is 5.69 Å².